The highest BCUT2D eigenvalue weighted by molar-refractivity contribution is 7.89. The Kier molecular flexibility index (Phi) is 6.56. The maximum atomic E-state index is 11.6. The molecule has 0 heterocycles. The van der Waals surface area contributed by atoms with Gasteiger partial charge in [0.15, 0.2) is 0 Å². The van der Waals surface area contributed by atoms with E-state index in [0.29, 0.717) is 13.0 Å². The van der Waals surface area contributed by atoms with Gasteiger partial charge in [0, 0.05) is 25.2 Å². The van der Waals surface area contributed by atoms with Gasteiger partial charge >= 0.3 is 0 Å². The van der Waals surface area contributed by atoms with E-state index in [4.69, 9.17) is 0 Å². The van der Waals surface area contributed by atoms with Gasteiger partial charge in [0.25, 0.3) is 5.69 Å². The molecule has 0 fully saturated rings. The zero-order valence-corrected chi connectivity index (χ0v) is 12.1. The summed E-state index contributed by atoms with van der Waals surface area (Å²) < 4.78 is 25.7. The Balaban J connectivity index is 2.38. The van der Waals surface area contributed by atoms with Crippen molar-refractivity contribution in [2.45, 2.75) is 13.3 Å². The Labute approximate surface area is 118 Å². The van der Waals surface area contributed by atoms with Gasteiger partial charge in [-0.3, -0.25) is 10.1 Å². The Morgan fingerprint density at radius 3 is 2.40 bits per heavy atom. The molecule has 0 amide bonds. The Morgan fingerprint density at radius 2 is 1.85 bits per heavy atom. The summed E-state index contributed by atoms with van der Waals surface area (Å²) in [5.41, 5.74) is 0.880. The van der Waals surface area contributed by atoms with E-state index in [9.17, 15) is 18.5 Å². The first kappa shape index (κ1) is 16.5. The topological polar surface area (TPSA) is 101 Å². The molecule has 0 atom stereocenters. The summed E-state index contributed by atoms with van der Waals surface area (Å²) in [5.74, 6) is 0.0428. The van der Waals surface area contributed by atoms with Crippen LogP contribution in [0.5, 0.6) is 0 Å². The second kappa shape index (κ2) is 7.93. The summed E-state index contributed by atoms with van der Waals surface area (Å²) >= 11 is 0. The predicted molar refractivity (Wildman–Crippen MR) is 77.1 cm³/mol. The van der Waals surface area contributed by atoms with E-state index in [1.807, 2.05) is 6.92 Å². The molecule has 1 aromatic rings. The summed E-state index contributed by atoms with van der Waals surface area (Å²) in [6, 6.07) is 6.08. The van der Waals surface area contributed by atoms with E-state index in [2.05, 4.69) is 10.0 Å². The van der Waals surface area contributed by atoms with E-state index in [0.717, 1.165) is 12.1 Å². The standard InChI is InChI=1S/C12H19N3O4S/c1-2-13-9-10-20(18,19)14-8-7-11-3-5-12(6-4-11)15(16)17/h3-6,13-14H,2,7-10H2,1H3. The largest absolute Gasteiger partial charge is 0.316 e. The number of hydrogen-bond acceptors (Lipinski definition) is 5. The van der Waals surface area contributed by atoms with Crippen LogP contribution in [0, 0.1) is 10.1 Å². The van der Waals surface area contributed by atoms with Crippen molar-refractivity contribution in [1.82, 2.24) is 10.0 Å². The Bertz CT molecular complexity index is 528. The van der Waals surface area contributed by atoms with Gasteiger partial charge in [0.05, 0.1) is 10.7 Å². The molecule has 0 aromatic heterocycles. The number of nitro groups is 1. The number of non-ortho nitro benzene ring substituents is 1. The van der Waals surface area contributed by atoms with Crippen LogP contribution < -0.4 is 10.0 Å². The minimum absolute atomic E-state index is 0.0278. The summed E-state index contributed by atoms with van der Waals surface area (Å²) in [6.07, 6.45) is 0.498. The number of nitrogens with one attached hydrogen (secondary N) is 2. The van der Waals surface area contributed by atoms with E-state index in [-0.39, 0.29) is 18.0 Å². The number of nitro benzene ring substituents is 1. The maximum absolute atomic E-state index is 11.6. The molecule has 20 heavy (non-hydrogen) atoms. The third-order valence-corrected chi connectivity index (χ3v) is 4.07. The molecule has 0 aliphatic rings. The molecule has 1 rings (SSSR count). The number of nitrogens with zero attached hydrogens (tertiary/aromatic N) is 1. The van der Waals surface area contributed by atoms with Crippen LogP contribution in [-0.4, -0.2) is 38.7 Å². The molecule has 0 bridgehead atoms. The highest BCUT2D eigenvalue weighted by Gasteiger charge is 2.09. The van der Waals surface area contributed by atoms with Crippen LogP contribution in [0.1, 0.15) is 12.5 Å². The molecular weight excluding hydrogens is 282 g/mol. The van der Waals surface area contributed by atoms with Gasteiger partial charge in [0.2, 0.25) is 10.0 Å². The first-order chi connectivity index (χ1) is 9.44. The van der Waals surface area contributed by atoms with Crippen molar-refractivity contribution in [2.75, 3.05) is 25.4 Å². The molecule has 0 spiro atoms. The first-order valence-electron chi connectivity index (χ1n) is 6.36. The van der Waals surface area contributed by atoms with E-state index in [1.54, 1.807) is 12.1 Å². The van der Waals surface area contributed by atoms with Gasteiger partial charge in [-0.15, -0.1) is 0 Å². The van der Waals surface area contributed by atoms with Crippen LogP contribution in [0.4, 0.5) is 5.69 Å². The average Bonchev–Trinajstić information content (AvgIpc) is 2.39. The third-order valence-electron chi connectivity index (χ3n) is 2.68. The highest BCUT2D eigenvalue weighted by Crippen LogP contribution is 2.11. The third kappa shape index (κ3) is 6.09. The van der Waals surface area contributed by atoms with Crippen LogP contribution in [0.15, 0.2) is 24.3 Å². The lowest BCUT2D eigenvalue weighted by Gasteiger charge is -2.07. The molecule has 2 N–H and O–H groups in total. The fraction of sp³-hybridized carbons (Fsp3) is 0.500. The van der Waals surface area contributed by atoms with Gasteiger partial charge in [-0.25, -0.2) is 13.1 Å². The van der Waals surface area contributed by atoms with Gasteiger partial charge in [-0.2, -0.15) is 0 Å². The van der Waals surface area contributed by atoms with E-state index >= 15 is 0 Å². The average molecular weight is 301 g/mol. The van der Waals surface area contributed by atoms with Crippen molar-refractivity contribution in [2.24, 2.45) is 0 Å². The van der Waals surface area contributed by atoms with Gasteiger partial charge < -0.3 is 5.32 Å². The summed E-state index contributed by atoms with van der Waals surface area (Å²) in [4.78, 5) is 10.0. The lowest BCUT2D eigenvalue weighted by atomic mass is 10.1. The summed E-state index contributed by atoms with van der Waals surface area (Å²) in [5, 5.41) is 13.4. The second-order valence-corrected chi connectivity index (χ2v) is 6.17. The molecule has 0 unspecified atom stereocenters. The van der Waals surface area contributed by atoms with Gasteiger partial charge in [0.1, 0.15) is 0 Å². The molecule has 0 aliphatic heterocycles. The Morgan fingerprint density at radius 1 is 1.20 bits per heavy atom. The molecule has 0 aliphatic carbocycles. The van der Waals surface area contributed by atoms with Crippen molar-refractivity contribution in [3.63, 3.8) is 0 Å². The first-order valence-corrected chi connectivity index (χ1v) is 8.01. The monoisotopic (exact) mass is 301 g/mol. The maximum Gasteiger partial charge on any atom is 0.269 e. The van der Waals surface area contributed by atoms with Crippen molar-refractivity contribution < 1.29 is 13.3 Å². The van der Waals surface area contributed by atoms with E-state index < -0.39 is 14.9 Å². The minimum Gasteiger partial charge on any atom is -0.316 e. The molecular formula is C12H19N3O4S. The number of rotatable bonds is 9. The van der Waals surface area contributed by atoms with Crippen LogP contribution in [0.2, 0.25) is 0 Å². The quantitative estimate of drug-likeness (QED) is 0.396. The predicted octanol–water partition coefficient (Wildman–Crippen LogP) is 0.666. The fourth-order valence-corrected chi connectivity index (χ4v) is 2.56. The second-order valence-electron chi connectivity index (χ2n) is 4.24. The molecule has 0 radical (unpaired) electrons. The molecule has 0 saturated carbocycles. The van der Waals surface area contributed by atoms with Crippen LogP contribution >= 0.6 is 0 Å². The lowest BCUT2D eigenvalue weighted by Crippen LogP contribution is -2.33. The number of sulfonamides is 1. The van der Waals surface area contributed by atoms with Crippen molar-refractivity contribution in [3.05, 3.63) is 39.9 Å². The molecule has 112 valence electrons. The zero-order chi connectivity index (χ0) is 15.0. The van der Waals surface area contributed by atoms with Crippen LogP contribution in [0.3, 0.4) is 0 Å². The SMILES string of the molecule is CCNCCS(=O)(=O)NCCc1ccc([N+](=O)[O-])cc1. The minimum atomic E-state index is -3.27. The van der Waals surface area contributed by atoms with E-state index in [1.165, 1.54) is 12.1 Å². The fourth-order valence-electron chi connectivity index (χ4n) is 1.59. The van der Waals surface area contributed by atoms with Crippen LogP contribution in [-0.2, 0) is 16.4 Å². The Hall–Kier alpha value is -1.51. The number of hydrogen-bond donors (Lipinski definition) is 2. The van der Waals surface area contributed by atoms with Crippen LogP contribution in [0.25, 0.3) is 0 Å². The normalized spacial score (nSPS) is 11.4. The van der Waals surface area contributed by atoms with Gasteiger partial charge in [-0.05, 0) is 18.5 Å². The summed E-state index contributed by atoms with van der Waals surface area (Å²) in [6.45, 7) is 3.35. The zero-order valence-electron chi connectivity index (χ0n) is 11.3. The summed E-state index contributed by atoms with van der Waals surface area (Å²) in [7, 11) is -3.27. The number of benzene rings is 1. The molecule has 0 saturated heterocycles. The lowest BCUT2D eigenvalue weighted by molar-refractivity contribution is -0.384. The molecule has 8 heteroatoms. The smallest absolute Gasteiger partial charge is 0.269 e. The molecule has 7 nitrogen and oxygen atoms in total. The highest BCUT2D eigenvalue weighted by atomic mass is 32.2. The molecule has 1 aromatic carbocycles. The van der Waals surface area contributed by atoms with Gasteiger partial charge in [-0.1, -0.05) is 19.1 Å². The van der Waals surface area contributed by atoms with Crippen molar-refractivity contribution >= 4 is 15.7 Å². The van der Waals surface area contributed by atoms with Crippen molar-refractivity contribution in [3.8, 4) is 0 Å². The van der Waals surface area contributed by atoms with Crippen molar-refractivity contribution in [1.29, 1.82) is 0 Å².